The summed E-state index contributed by atoms with van der Waals surface area (Å²) in [5, 5.41) is 3.26. The molecular weight excluding hydrogens is 252 g/mol. The van der Waals surface area contributed by atoms with Crippen molar-refractivity contribution in [1.82, 2.24) is 14.9 Å². The van der Waals surface area contributed by atoms with Crippen LogP contribution in [0.3, 0.4) is 0 Å². The zero-order chi connectivity index (χ0) is 13.7. The molecule has 0 saturated heterocycles. The van der Waals surface area contributed by atoms with Crippen LogP contribution >= 0.6 is 0 Å². The molecule has 2 rings (SSSR count). The van der Waals surface area contributed by atoms with E-state index in [4.69, 9.17) is 0 Å². The standard InChI is InChI=1S/C13H15F2N3O/c1-18-9-17-8-11(18)7-16-6-10-2-4-12(5-3-10)19-13(14)15/h2-5,8-9,13,16H,6-7H2,1H3. The van der Waals surface area contributed by atoms with Crippen molar-refractivity contribution in [2.75, 3.05) is 0 Å². The molecule has 0 radical (unpaired) electrons. The number of aromatic nitrogens is 2. The van der Waals surface area contributed by atoms with Crippen LogP contribution in [0.1, 0.15) is 11.3 Å². The average Bonchev–Trinajstić information content (AvgIpc) is 2.77. The highest BCUT2D eigenvalue weighted by molar-refractivity contribution is 5.27. The SMILES string of the molecule is Cn1cncc1CNCc1ccc(OC(F)F)cc1. The Morgan fingerprint density at radius 2 is 2.00 bits per heavy atom. The highest BCUT2D eigenvalue weighted by Crippen LogP contribution is 2.14. The van der Waals surface area contributed by atoms with Crippen molar-refractivity contribution in [2.24, 2.45) is 7.05 Å². The van der Waals surface area contributed by atoms with E-state index in [9.17, 15) is 8.78 Å². The van der Waals surface area contributed by atoms with E-state index in [1.165, 1.54) is 12.1 Å². The number of nitrogens with one attached hydrogen (secondary N) is 1. The van der Waals surface area contributed by atoms with Gasteiger partial charge in [-0.2, -0.15) is 8.78 Å². The van der Waals surface area contributed by atoms with Crippen LogP contribution in [-0.2, 0) is 20.1 Å². The van der Waals surface area contributed by atoms with Crippen LogP contribution in [0.5, 0.6) is 5.75 Å². The lowest BCUT2D eigenvalue weighted by Gasteiger charge is -2.07. The monoisotopic (exact) mass is 267 g/mol. The van der Waals surface area contributed by atoms with Gasteiger partial charge >= 0.3 is 6.61 Å². The van der Waals surface area contributed by atoms with Crippen molar-refractivity contribution in [1.29, 1.82) is 0 Å². The Morgan fingerprint density at radius 1 is 1.26 bits per heavy atom. The van der Waals surface area contributed by atoms with Crippen LogP contribution in [0.15, 0.2) is 36.8 Å². The van der Waals surface area contributed by atoms with Crippen molar-refractivity contribution in [3.05, 3.63) is 48.0 Å². The van der Waals surface area contributed by atoms with E-state index < -0.39 is 6.61 Å². The molecule has 4 nitrogen and oxygen atoms in total. The first-order valence-corrected chi connectivity index (χ1v) is 5.85. The minimum absolute atomic E-state index is 0.172. The lowest BCUT2D eigenvalue weighted by atomic mass is 10.2. The minimum Gasteiger partial charge on any atom is -0.435 e. The molecule has 0 unspecified atom stereocenters. The molecule has 0 aliphatic heterocycles. The maximum Gasteiger partial charge on any atom is 0.387 e. The molecule has 0 bridgehead atoms. The summed E-state index contributed by atoms with van der Waals surface area (Å²) in [6.07, 6.45) is 3.54. The average molecular weight is 267 g/mol. The van der Waals surface area contributed by atoms with Crippen molar-refractivity contribution in [3.63, 3.8) is 0 Å². The number of imidazole rings is 1. The van der Waals surface area contributed by atoms with Gasteiger partial charge in [-0.3, -0.25) is 0 Å². The number of benzene rings is 1. The van der Waals surface area contributed by atoms with Crippen molar-refractivity contribution in [3.8, 4) is 5.75 Å². The van der Waals surface area contributed by atoms with Gasteiger partial charge < -0.3 is 14.6 Å². The van der Waals surface area contributed by atoms with Gasteiger partial charge in [0, 0.05) is 26.3 Å². The molecule has 0 saturated carbocycles. The summed E-state index contributed by atoms with van der Waals surface area (Å²) in [6, 6.07) is 6.59. The van der Waals surface area contributed by atoms with E-state index in [2.05, 4.69) is 15.0 Å². The van der Waals surface area contributed by atoms with Crippen LogP contribution in [0, 0.1) is 0 Å². The fourth-order valence-electron chi connectivity index (χ4n) is 1.68. The zero-order valence-electron chi connectivity index (χ0n) is 10.5. The molecule has 0 atom stereocenters. The van der Waals surface area contributed by atoms with E-state index >= 15 is 0 Å². The molecule has 0 aliphatic rings. The molecule has 1 heterocycles. The fourth-order valence-corrected chi connectivity index (χ4v) is 1.68. The van der Waals surface area contributed by atoms with Crippen molar-refractivity contribution < 1.29 is 13.5 Å². The number of nitrogens with zero attached hydrogens (tertiary/aromatic N) is 2. The summed E-state index contributed by atoms with van der Waals surface area (Å²) in [4.78, 5) is 4.02. The Labute approximate surface area is 110 Å². The highest BCUT2D eigenvalue weighted by Gasteiger charge is 2.03. The number of hydrogen-bond donors (Lipinski definition) is 1. The first-order valence-electron chi connectivity index (χ1n) is 5.85. The summed E-state index contributed by atoms with van der Waals surface area (Å²) >= 11 is 0. The molecule has 2 aromatic rings. The quantitative estimate of drug-likeness (QED) is 0.873. The lowest BCUT2D eigenvalue weighted by molar-refractivity contribution is -0.0498. The molecule has 0 fully saturated rings. The topological polar surface area (TPSA) is 39.1 Å². The number of aryl methyl sites for hydroxylation is 1. The first-order chi connectivity index (χ1) is 9.15. The molecule has 0 amide bonds. The van der Waals surface area contributed by atoms with Crippen LogP contribution < -0.4 is 10.1 Å². The number of alkyl halides is 2. The van der Waals surface area contributed by atoms with Gasteiger partial charge in [-0.1, -0.05) is 12.1 Å². The van der Waals surface area contributed by atoms with Gasteiger partial charge in [-0.15, -0.1) is 0 Å². The fraction of sp³-hybridized carbons (Fsp3) is 0.308. The van der Waals surface area contributed by atoms with E-state index in [-0.39, 0.29) is 5.75 Å². The van der Waals surface area contributed by atoms with Crippen LogP contribution in [-0.4, -0.2) is 16.2 Å². The summed E-state index contributed by atoms with van der Waals surface area (Å²) < 4.78 is 30.2. The second-order valence-electron chi connectivity index (χ2n) is 4.12. The molecule has 1 N–H and O–H groups in total. The molecular formula is C13H15F2N3O. The lowest BCUT2D eigenvalue weighted by Crippen LogP contribution is -2.14. The van der Waals surface area contributed by atoms with Crippen molar-refractivity contribution in [2.45, 2.75) is 19.7 Å². The molecule has 0 aliphatic carbocycles. The minimum atomic E-state index is -2.78. The number of rotatable bonds is 6. The van der Waals surface area contributed by atoms with Gasteiger partial charge in [0.05, 0.1) is 12.0 Å². The molecule has 1 aromatic carbocycles. The summed E-state index contributed by atoms with van der Waals surface area (Å²) in [7, 11) is 1.93. The predicted octanol–water partition coefficient (Wildman–Crippen LogP) is 2.31. The van der Waals surface area contributed by atoms with Gasteiger partial charge in [0.1, 0.15) is 5.75 Å². The number of ether oxygens (including phenoxy) is 1. The Balaban J connectivity index is 1.81. The van der Waals surface area contributed by atoms with Crippen LogP contribution in [0.4, 0.5) is 8.78 Å². The molecule has 6 heteroatoms. The van der Waals surface area contributed by atoms with Gasteiger partial charge in [-0.25, -0.2) is 4.98 Å². The second-order valence-corrected chi connectivity index (χ2v) is 4.12. The number of hydrogen-bond acceptors (Lipinski definition) is 3. The summed E-state index contributed by atoms with van der Waals surface area (Å²) in [5.74, 6) is 0.172. The van der Waals surface area contributed by atoms with E-state index in [0.29, 0.717) is 13.1 Å². The Bertz CT molecular complexity index is 511. The third kappa shape index (κ3) is 4.03. The van der Waals surface area contributed by atoms with Crippen molar-refractivity contribution >= 4 is 0 Å². The largest absolute Gasteiger partial charge is 0.435 e. The smallest absolute Gasteiger partial charge is 0.387 e. The maximum atomic E-state index is 12.0. The predicted molar refractivity (Wildman–Crippen MR) is 66.8 cm³/mol. The number of halogens is 2. The van der Waals surface area contributed by atoms with E-state index in [1.54, 1.807) is 24.7 Å². The third-order valence-electron chi connectivity index (χ3n) is 2.70. The molecule has 1 aromatic heterocycles. The zero-order valence-corrected chi connectivity index (χ0v) is 10.5. The summed E-state index contributed by atoms with van der Waals surface area (Å²) in [5.41, 5.74) is 2.08. The Hall–Kier alpha value is -1.95. The second kappa shape index (κ2) is 6.29. The maximum absolute atomic E-state index is 12.0. The van der Waals surface area contributed by atoms with Crippen LogP contribution in [0.2, 0.25) is 0 Å². The molecule has 102 valence electrons. The van der Waals surface area contributed by atoms with Gasteiger partial charge in [-0.05, 0) is 17.7 Å². The third-order valence-corrected chi connectivity index (χ3v) is 2.70. The Kier molecular flexibility index (Phi) is 4.46. The van der Waals surface area contributed by atoms with Gasteiger partial charge in [0.2, 0.25) is 0 Å². The van der Waals surface area contributed by atoms with E-state index in [0.717, 1.165) is 11.3 Å². The highest BCUT2D eigenvalue weighted by atomic mass is 19.3. The molecule has 0 spiro atoms. The first kappa shape index (κ1) is 13.5. The molecule has 19 heavy (non-hydrogen) atoms. The Morgan fingerprint density at radius 3 is 2.58 bits per heavy atom. The normalized spacial score (nSPS) is 10.9. The summed E-state index contributed by atoms with van der Waals surface area (Å²) in [6.45, 7) is -1.43. The van der Waals surface area contributed by atoms with E-state index in [1.807, 2.05) is 11.6 Å². The van der Waals surface area contributed by atoms with Crippen LogP contribution in [0.25, 0.3) is 0 Å². The van der Waals surface area contributed by atoms with Gasteiger partial charge in [0.15, 0.2) is 0 Å². The van der Waals surface area contributed by atoms with Gasteiger partial charge in [0.25, 0.3) is 0 Å².